The van der Waals surface area contributed by atoms with Gasteiger partial charge in [0, 0.05) is 19.4 Å². The Labute approximate surface area is 407 Å². The lowest BCUT2D eigenvalue weighted by molar-refractivity contribution is -0.163. The standard InChI is InChI=1S/C61H98O5/c1-4-7-10-13-16-19-22-25-28-30-32-35-38-41-44-47-50-53-56-64-57-59(66-61(63)55-52-49-46-43-40-37-33-27-24-21-18-15-12-9-6-3)58-65-60(62)54-51-48-45-42-39-36-34-31-29-26-23-20-17-14-11-8-5-2/h7-12,16-21,25-29,32-33,35,40,43,59H,4-6,13-15,22-24,30-31,34,36-39,41-42,44-58H2,1-3H3/b10-7-,11-8-,12-9-,19-16-,20-17-,21-18-,28-25-,29-26-,33-27-,35-32-,43-40-. The van der Waals surface area contributed by atoms with Gasteiger partial charge in [-0.05, 0) is 128 Å². The van der Waals surface area contributed by atoms with Gasteiger partial charge in [0.05, 0.1) is 6.61 Å². The van der Waals surface area contributed by atoms with E-state index in [-0.39, 0.29) is 25.2 Å². The van der Waals surface area contributed by atoms with E-state index in [4.69, 9.17) is 14.2 Å². The molecule has 0 aromatic carbocycles. The predicted molar refractivity (Wildman–Crippen MR) is 288 cm³/mol. The maximum absolute atomic E-state index is 12.8. The number of esters is 2. The van der Waals surface area contributed by atoms with Crippen LogP contribution in [0, 0.1) is 0 Å². The first-order chi connectivity index (χ1) is 32.6. The van der Waals surface area contributed by atoms with Crippen LogP contribution in [0.15, 0.2) is 134 Å². The number of allylic oxidation sites excluding steroid dienone is 22. The van der Waals surface area contributed by atoms with Gasteiger partial charge < -0.3 is 14.2 Å². The third-order valence-corrected chi connectivity index (χ3v) is 10.7. The average Bonchev–Trinajstić information content (AvgIpc) is 3.32. The summed E-state index contributed by atoms with van der Waals surface area (Å²) in [5.41, 5.74) is 0. The van der Waals surface area contributed by atoms with Crippen molar-refractivity contribution in [1.29, 1.82) is 0 Å². The summed E-state index contributed by atoms with van der Waals surface area (Å²) < 4.78 is 17.4. The van der Waals surface area contributed by atoms with Gasteiger partial charge in [-0.3, -0.25) is 9.59 Å². The quantitative estimate of drug-likeness (QED) is 0.0346. The molecule has 0 aliphatic heterocycles. The lowest BCUT2D eigenvalue weighted by atomic mass is 10.1. The zero-order valence-corrected chi connectivity index (χ0v) is 42.7. The molecule has 0 aliphatic carbocycles. The molecule has 0 rings (SSSR count). The SMILES string of the molecule is CC/C=C\C/C=C\C/C=C\C/C=C\CCCCCCCOCC(COC(=O)CCCCCCCCC/C=C\C/C=C\C/C=C\CC)OC(=O)CCCC/C=C\C/C=C\C/C=C\C/C=C\CC. The Kier molecular flexibility index (Phi) is 52.0. The molecule has 0 heterocycles. The molecule has 0 N–H and O–H groups in total. The van der Waals surface area contributed by atoms with Crippen molar-refractivity contribution in [1.82, 2.24) is 0 Å². The van der Waals surface area contributed by atoms with Crippen LogP contribution in [-0.4, -0.2) is 37.9 Å². The van der Waals surface area contributed by atoms with Crippen LogP contribution in [0.2, 0.25) is 0 Å². The van der Waals surface area contributed by atoms with Crippen LogP contribution >= 0.6 is 0 Å². The van der Waals surface area contributed by atoms with Gasteiger partial charge >= 0.3 is 11.9 Å². The number of hydrogen-bond acceptors (Lipinski definition) is 5. The summed E-state index contributed by atoms with van der Waals surface area (Å²) in [6.07, 6.45) is 78.9. The van der Waals surface area contributed by atoms with Gasteiger partial charge in [-0.2, -0.15) is 0 Å². The molecule has 0 spiro atoms. The molecule has 0 amide bonds. The second kappa shape index (κ2) is 55.4. The van der Waals surface area contributed by atoms with E-state index < -0.39 is 6.10 Å². The number of carbonyl (C=O) groups excluding carboxylic acids is 2. The first-order valence-electron chi connectivity index (χ1n) is 26.7. The maximum Gasteiger partial charge on any atom is 0.306 e. The second-order valence-corrected chi connectivity index (χ2v) is 17.0. The van der Waals surface area contributed by atoms with Crippen LogP contribution < -0.4 is 0 Å². The van der Waals surface area contributed by atoms with Gasteiger partial charge in [0.2, 0.25) is 0 Å². The first kappa shape index (κ1) is 62.0. The van der Waals surface area contributed by atoms with E-state index in [1.165, 1.54) is 44.9 Å². The number of rotatable bonds is 47. The second-order valence-electron chi connectivity index (χ2n) is 17.0. The van der Waals surface area contributed by atoms with E-state index in [1.807, 2.05) is 0 Å². The Balaban J connectivity index is 4.42. The van der Waals surface area contributed by atoms with Crippen molar-refractivity contribution in [3.63, 3.8) is 0 Å². The van der Waals surface area contributed by atoms with Gasteiger partial charge in [0.1, 0.15) is 6.61 Å². The van der Waals surface area contributed by atoms with Crippen molar-refractivity contribution in [2.75, 3.05) is 19.8 Å². The molecule has 0 bridgehead atoms. The maximum atomic E-state index is 12.8. The molecule has 0 fully saturated rings. The molecule has 5 nitrogen and oxygen atoms in total. The van der Waals surface area contributed by atoms with E-state index >= 15 is 0 Å². The molecule has 66 heavy (non-hydrogen) atoms. The largest absolute Gasteiger partial charge is 0.462 e. The highest BCUT2D eigenvalue weighted by Crippen LogP contribution is 2.12. The van der Waals surface area contributed by atoms with Crippen molar-refractivity contribution in [2.24, 2.45) is 0 Å². The molecule has 0 aromatic rings. The number of unbranched alkanes of at least 4 members (excludes halogenated alkanes) is 14. The van der Waals surface area contributed by atoms with Gasteiger partial charge in [0.15, 0.2) is 6.10 Å². The number of carbonyl (C=O) groups is 2. The topological polar surface area (TPSA) is 61.8 Å². The zero-order chi connectivity index (χ0) is 47.7. The average molecular weight is 911 g/mol. The van der Waals surface area contributed by atoms with E-state index in [0.29, 0.717) is 19.4 Å². The Bertz CT molecular complexity index is 1400. The Morgan fingerprint density at radius 1 is 0.333 bits per heavy atom. The van der Waals surface area contributed by atoms with E-state index in [0.717, 1.165) is 135 Å². The Morgan fingerprint density at radius 3 is 1.05 bits per heavy atom. The van der Waals surface area contributed by atoms with E-state index in [9.17, 15) is 9.59 Å². The van der Waals surface area contributed by atoms with Crippen molar-refractivity contribution in [3.05, 3.63) is 134 Å². The summed E-state index contributed by atoms with van der Waals surface area (Å²) in [6, 6.07) is 0. The Morgan fingerprint density at radius 2 is 0.636 bits per heavy atom. The van der Waals surface area contributed by atoms with Crippen molar-refractivity contribution in [2.45, 2.75) is 219 Å². The molecule has 372 valence electrons. The highest BCUT2D eigenvalue weighted by Gasteiger charge is 2.17. The Hall–Kier alpha value is -3.96. The van der Waals surface area contributed by atoms with Crippen molar-refractivity contribution >= 4 is 11.9 Å². The normalized spacial score (nSPS) is 13.3. The smallest absolute Gasteiger partial charge is 0.306 e. The summed E-state index contributed by atoms with van der Waals surface area (Å²) in [6.45, 7) is 7.38. The van der Waals surface area contributed by atoms with E-state index in [1.54, 1.807) is 0 Å². The van der Waals surface area contributed by atoms with Gasteiger partial charge in [-0.1, -0.05) is 206 Å². The minimum atomic E-state index is -0.582. The molecule has 0 radical (unpaired) electrons. The zero-order valence-electron chi connectivity index (χ0n) is 42.7. The van der Waals surface area contributed by atoms with Gasteiger partial charge in [-0.15, -0.1) is 0 Å². The number of ether oxygens (including phenoxy) is 3. The fourth-order valence-electron chi connectivity index (χ4n) is 6.80. The van der Waals surface area contributed by atoms with Crippen LogP contribution in [0.5, 0.6) is 0 Å². The van der Waals surface area contributed by atoms with Crippen molar-refractivity contribution < 1.29 is 23.8 Å². The fraction of sp³-hybridized carbons (Fsp3) is 0.607. The highest BCUT2D eigenvalue weighted by molar-refractivity contribution is 5.70. The summed E-state index contributed by atoms with van der Waals surface area (Å²) in [7, 11) is 0. The third-order valence-electron chi connectivity index (χ3n) is 10.7. The summed E-state index contributed by atoms with van der Waals surface area (Å²) in [4.78, 5) is 25.4. The fourth-order valence-corrected chi connectivity index (χ4v) is 6.80. The van der Waals surface area contributed by atoms with Crippen LogP contribution in [0.1, 0.15) is 213 Å². The molecule has 0 saturated heterocycles. The highest BCUT2D eigenvalue weighted by atomic mass is 16.6. The van der Waals surface area contributed by atoms with Crippen LogP contribution in [-0.2, 0) is 23.8 Å². The lowest BCUT2D eigenvalue weighted by Gasteiger charge is -2.18. The minimum Gasteiger partial charge on any atom is -0.462 e. The van der Waals surface area contributed by atoms with Crippen LogP contribution in [0.3, 0.4) is 0 Å². The molecule has 1 atom stereocenters. The van der Waals surface area contributed by atoms with Crippen LogP contribution in [0.4, 0.5) is 0 Å². The predicted octanol–water partition coefficient (Wildman–Crippen LogP) is 18.3. The molecule has 5 heteroatoms. The van der Waals surface area contributed by atoms with Crippen molar-refractivity contribution in [3.8, 4) is 0 Å². The minimum absolute atomic E-state index is 0.0465. The van der Waals surface area contributed by atoms with Crippen LogP contribution in [0.25, 0.3) is 0 Å². The molecule has 0 saturated carbocycles. The number of hydrogen-bond donors (Lipinski definition) is 0. The van der Waals surface area contributed by atoms with Gasteiger partial charge in [0.25, 0.3) is 0 Å². The lowest BCUT2D eigenvalue weighted by Crippen LogP contribution is -2.30. The summed E-state index contributed by atoms with van der Waals surface area (Å²) >= 11 is 0. The summed E-state index contributed by atoms with van der Waals surface area (Å²) in [5.74, 6) is -0.476. The molecule has 0 aromatic heterocycles. The molecular weight excluding hydrogens is 813 g/mol. The monoisotopic (exact) mass is 911 g/mol. The molecular formula is C61H98O5. The summed E-state index contributed by atoms with van der Waals surface area (Å²) in [5, 5.41) is 0. The first-order valence-corrected chi connectivity index (χ1v) is 26.7. The molecule has 1 unspecified atom stereocenters. The molecule has 0 aliphatic rings. The van der Waals surface area contributed by atoms with E-state index in [2.05, 4.69) is 154 Å². The van der Waals surface area contributed by atoms with Gasteiger partial charge in [-0.25, -0.2) is 0 Å². The third kappa shape index (κ3) is 52.7.